The van der Waals surface area contributed by atoms with Crippen LogP contribution in [0.4, 0.5) is 0 Å². The largest absolute Gasteiger partial charge is 0.358 e. The Morgan fingerprint density at radius 2 is 2.29 bits per heavy atom. The molecule has 0 aromatic heterocycles. The molecule has 0 heterocycles. The van der Waals surface area contributed by atoms with E-state index in [1.807, 2.05) is 13.5 Å². The first kappa shape index (κ1) is 6.72. The summed E-state index contributed by atoms with van der Waals surface area (Å²) in [6.07, 6.45) is 3.26. The predicted octanol–water partition coefficient (Wildman–Crippen LogP) is 1.14. The summed E-state index contributed by atoms with van der Waals surface area (Å²) in [5, 5.41) is 0. The van der Waals surface area contributed by atoms with Crippen LogP contribution in [0.25, 0.3) is 0 Å². The molecule has 0 bridgehead atoms. The summed E-state index contributed by atoms with van der Waals surface area (Å²) in [6.45, 7) is 3.76. The Labute approximate surface area is 46.0 Å². The highest BCUT2D eigenvalue weighted by Crippen LogP contribution is 1.75. The Bertz CT molecular complexity index is 53.7. The van der Waals surface area contributed by atoms with Crippen molar-refractivity contribution in [1.82, 2.24) is 0 Å². The maximum absolute atomic E-state index is 4.51. The van der Waals surface area contributed by atoms with Gasteiger partial charge < -0.3 is 4.89 Å². The van der Waals surface area contributed by atoms with Gasteiger partial charge in [0.2, 0.25) is 0 Å². The number of rotatable bonds is 3. The van der Waals surface area contributed by atoms with Gasteiger partial charge in [0.15, 0.2) is 0 Å². The minimum Gasteiger partial charge on any atom is -0.358 e. The lowest BCUT2D eigenvalue weighted by Crippen LogP contribution is -1.87. The van der Waals surface area contributed by atoms with Gasteiger partial charge in [-0.25, -0.2) is 4.58 Å². The van der Waals surface area contributed by atoms with Gasteiger partial charge in [0.25, 0.3) is 9.76 Å². The Kier molecular flexibility index (Phi) is 5.49. The minimum absolute atomic E-state index is 0.394. The summed E-state index contributed by atoms with van der Waals surface area (Å²) in [7, 11) is 0.394. The van der Waals surface area contributed by atoms with E-state index in [-0.39, 0.29) is 0 Å². The van der Waals surface area contributed by atoms with Gasteiger partial charge in [0.05, 0.1) is 0 Å². The lowest BCUT2D eigenvalue weighted by Gasteiger charge is -1.90. The van der Waals surface area contributed by atoms with Crippen LogP contribution >= 0.6 is 0 Å². The van der Waals surface area contributed by atoms with Crippen molar-refractivity contribution in [3.8, 4) is 0 Å². The van der Waals surface area contributed by atoms with E-state index in [0.717, 1.165) is 0 Å². The first-order valence-corrected chi connectivity index (χ1v) is 3.43. The lowest BCUT2D eigenvalue weighted by molar-refractivity contribution is -0.148. The zero-order valence-corrected chi connectivity index (χ0v) is 5.47. The molecule has 7 heavy (non-hydrogen) atoms. The average molecular weight is 116 g/mol. The molecule has 0 saturated carbocycles. The standard InChI is InChI=1S/C4H8O2Si/c1-3-4-5-6-7-2/h3-4H,1-2H3. The fourth-order valence-corrected chi connectivity index (χ4v) is 0.283. The van der Waals surface area contributed by atoms with Crippen molar-refractivity contribution >= 4 is 9.76 Å². The van der Waals surface area contributed by atoms with Gasteiger partial charge in [-0.15, -0.1) is 0 Å². The smallest absolute Gasteiger partial charge is 0.297 e. The van der Waals surface area contributed by atoms with E-state index < -0.39 is 0 Å². The second-order valence-corrected chi connectivity index (χ2v) is 1.43. The highest BCUT2D eigenvalue weighted by molar-refractivity contribution is 6.24. The Morgan fingerprint density at radius 3 is 2.71 bits per heavy atom. The third-order valence-electron chi connectivity index (χ3n) is 0.323. The molecular weight excluding hydrogens is 108 g/mol. The maximum atomic E-state index is 4.51. The Hall–Kier alpha value is -0.283. The molecule has 0 unspecified atom stereocenters. The van der Waals surface area contributed by atoms with E-state index in [1.165, 1.54) is 6.26 Å². The molecule has 0 atom stereocenters. The minimum atomic E-state index is 0.394. The molecule has 0 N–H and O–H groups in total. The highest BCUT2D eigenvalue weighted by atomic mass is 28.2. The average Bonchev–Trinajstić information content (AvgIpc) is 1.69. The van der Waals surface area contributed by atoms with Gasteiger partial charge in [-0.2, -0.15) is 0 Å². The molecule has 0 aliphatic carbocycles. The zero-order chi connectivity index (χ0) is 5.54. The summed E-state index contributed by atoms with van der Waals surface area (Å²) in [5.41, 5.74) is 0. The third-order valence-corrected chi connectivity index (χ3v) is 0.586. The summed E-state index contributed by atoms with van der Waals surface area (Å²) in [6, 6.07) is 0. The molecule has 0 aromatic rings. The van der Waals surface area contributed by atoms with E-state index in [1.54, 1.807) is 6.08 Å². The molecule has 0 fully saturated rings. The van der Waals surface area contributed by atoms with Crippen LogP contribution in [0.1, 0.15) is 6.92 Å². The van der Waals surface area contributed by atoms with E-state index in [0.29, 0.717) is 9.76 Å². The van der Waals surface area contributed by atoms with Crippen LogP contribution in [-0.2, 0) is 9.46 Å². The molecule has 0 amide bonds. The Balaban J connectivity index is 2.69. The molecule has 0 aromatic carbocycles. The van der Waals surface area contributed by atoms with Crippen molar-refractivity contribution in [3.63, 3.8) is 0 Å². The summed E-state index contributed by atoms with van der Waals surface area (Å²) in [5.74, 6) is 0. The van der Waals surface area contributed by atoms with Crippen LogP contribution in [0.2, 0.25) is 6.55 Å². The molecule has 2 radical (unpaired) electrons. The molecule has 0 rings (SSSR count). The van der Waals surface area contributed by atoms with Crippen LogP contribution in [-0.4, -0.2) is 9.76 Å². The fourth-order valence-electron chi connectivity index (χ4n) is 0.131. The second kappa shape index (κ2) is 5.72. The van der Waals surface area contributed by atoms with Crippen molar-refractivity contribution in [2.45, 2.75) is 13.5 Å². The van der Waals surface area contributed by atoms with Crippen LogP contribution < -0.4 is 0 Å². The SMILES string of the molecule is CC=COO[Si]C. The van der Waals surface area contributed by atoms with Crippen LogP contribution in [0, 0.1) is 0 Å². The van der Waals surface area contributed by atoms with Crippen LogP contribution in [0.3, 0.4) is 0 Å². The zero-order valence-electron chi connectivity index (χ0n) is 4.47. The topological polar surface area (TPSA) is 18.5 Å². The van der Waals surface area contributed by atoms with Gasteiger partial charge in [-0.05, 0) is 19.5 Å². The molecule has 0 saturated heterocycles. The van der Waals surface area contributed by atoms with Crippen molar-refractivity contribution in [1.29, 1.82) is 0 Å². The monoisotopic (exact) mass is 116 g/mol. The van der Waals surface area contributed by atoms with Crippen molar-refractivity contribution < 1.29 is 9.46 Å². The maximum Gasteiger partial charge on any atom is 0.297 e. The molecular formula is C4H8O2Si. The highest BCUT2D eigenvalue weighted by Gasteiger charge is 1.73. The number of hydrogen-bond donors (Lipinski definition) is 0. The van der Waals surface area contributed by atoms with Crippen LogP contribution in [0.5, 0.6) is 0 Å². The Morgan fingerprint density at radius 1 is 1.57 bits per heavy atom. The van der Waals surface area contributed by atoms with Crippen molar-refractivity contribution in [3.05, 3.63) is 12.3 Å². The lowest BCUT2D eigenvalue weighted by atomic mass is 10.7. The summed E-state index contributed by atoms with van der Waals surface area (Å²) < 4.78 is 4.51. The van der Waals surface area contributed by atoms with Crippen molar-refractivity contribution in [2.75, 3.05) is 0 Å². The normalized spacial score (nSPS) is 10.0. The molecule has 0 spiro atoms. The summed E-state index contributed by atoms with van der Waals surface area (Å²) >= 11 is 0. The quantitative estimate of drug-likeness (QED) is 0.181. The van der Waals surface area contributed by atoms with E-state index in [4.69, 9.17) is 0 Å². The van der Waals surface area contributed by atoms with E-state index in [9.17, 15) is 0 Å². The van der Waals surface area contributed by atoms with Gasteiger partial charge in [0, 0.05) is 0 Å². The number of hydrogen-bond acceptors (Lipinski definition) is 2. The summed E-state index contributed by atoms with van der Waals surface area (Å²) in [4.78, 5) is 4.46. The van der Waals surface area contributed by atoms with Gasteiger partial charge in [-0.3, -0.25) is 0 Å². The first-order valence-electron chi connectivity index (χ1n) is 2.02. The van der Waals surface area contributed by atoms with E-state index >= 15 is 0 Å². The molecule has 0 aliphatic rings. The predicted molar refractivity (Wildman–Crippen MR) is 28.6 cm³/mol. The van der Waals surface area contributed by atoms with E-state index in [2.05, 4.69) is 9.46 Å². The molecule has 0 aliphatic heterocycles. The fraction of sp³-hybridized carbons (Fsp3) is 0.500. The molecule has 40 valence electrons. The second-order valence-electron chi connectivity index (χ2n) is 0.853. The van der Waals surface area contributed by atoms with Crippen molar-refractivity contribution in [2.24, 2.45) is 0 Å². The van der Waals surface area contributed by atoms with Gasteiger partial charge in [0.1, 0.15) is 6.26 Å². The third kappa shape index (κ3) is 5.72. The van der Waals surface area contributed by atoms with Crippen LogP contribution in [0.15, 0.2) is 12.3 Å². The first-order chi connectivity index (χ1) is 3.41. The molecule has 2 nitrogen and oxygen atoms in total. The van der Waals surface area contributed by atoms with Gasteiger partial charge >= 0.3 is 0 Å². The van der Waals surface area contributed by atoms with Gasteiger partial charge in [-0.1, -0.05) is 0 Å². The molecule has 3 heteroatoms. The number of allylic oxidation sites excluding steroid dienone is 1.